The van der Waals surface area contributed by atoms with Crippen molar-refractivity contribution in [2.75, 3.05) is 5.32 Å². The first-order valence-electron chi connectivity index (χ1n) is 6.57. The van der Waals surface area contributed by atoms with Crippen molar-refractivity contribution in [3.63, 3.8) is 0 Å². The van der Waals surface area contributed by atoms with Crippen LogP contribution in [-0.4, -0.2) is 21.2 Å². The minimum Gasteiger partial charge on any atom is -0.465 e. The number of fused-ring (bicyclic) bond motifs is 1. The van der Waals surface area contributed by atoms with Crippen molar-refractivity contribution in [2.24, 2.45) is 0 Å². The molecule has 1 aromatic carbocycles. The summed E-state index contributed by atoms with van der Waals surface area (Å²) >= 11 is 1.78. The van der Waals surface area contributed by atoms with Crippen molar-refractivity contribution in [1.82, 2.24) is 9.97 Å². The number of thioether (sulfide) groups is 1. The number of aromatic nitrogens is 2. The van der Waals surface area contributed by atoms with Crippen LogP contribution in [-0.2, 0) is 0 Å². The lowest BCUT2D eigenvalue weighted by Gasteiger charge is -2.11. The van der Waals surface area contributed by atoms with E-state index in [0.29, 0.717) is 0 Å². The number of carbonyl (C=O) groups is 1. The van der Waals surface area contributed by atoms with Gasteiger partial charge in [0.1, 0.15) is 0 Å². The van der Waals surface area contributed by atoms with Gasteiger partial charge in [-0.1, -0.05) is 17.8 Å². The third kappa shape index (κ3) is 2.96. The first-order chi connectivity index (χ1) is 9.70. The molecule has 0 bridgehead atoms. The highest BCUT2D eigenvalue weighted by atomic mass is 32.2. The average molecular weight is 289 g/mol. The van der Waals surface area contributed by atoms with E-state index in [1.807, 2.05) is 18.2 Å². The Kier molecular flexibility index (Phi) is 3.64. The van der Waals surface area contributed by atoms with Crippen LogP contribution in [0.1, 0.15) is 25.7 Å². The number of rotatable bonds is 3. The second-order valence-corrected chi connectivity index (χ2v) is 5.91. The third-order valence-corrected chi connectivity index (χ3v) is 4.30. The van der Waals surface area contributed by atoms with Gasteiger partial charge in [-0.3, -0.25) is 5.32 Å². The second-order valence-electron chi connectivity index (χ2n) is 4.71. The molecule has 0 saturated heterocycles. The first kappa shape index (κ1) is 13.1. The Morgan fingerprint density at radius 2 is 2.30 bits per heavy atom. The van der Waals surface area contributed by atoms with Gasteiger partial charge in [-0.05, 0) is 48.8 Å². The number of aromatic amines is 1. The highest BCUT2D eigenvalue weighted by molar-refractivity contribution is 8.03. The number of allylic oxidation sites excluding steroid dienone is 2. The van der Waals surface area contributed by atoms with Gasteiger partial charge in [0.05, 0.1) is 11.0 Å². The smallest absolute Gasteiger partial charge is 0.411 e. The summed E-state index contributed by atoms with van der Waals surface area (Å²) in [6.45, 7) is 0. The SMILES string of the molecule is O=C(O)Nc1nc2ccc(SC3=CCCCC3)cc2[nH]1. The molecule has 0 saturated carbocycles. The number of hydrogen-bond donors (Lipinski definition) is 3. The fraction of sp³-hybridized carbons (Fsp3) is 0.286. The zero-order chi connectivity index (χ0) is 13.9. The summed E-state index contributed by atoms with van der Waals surface area (Å²) in [5.41, 5.74) is 1.60. The summed E-state index contributed by atoms with van der Waals surface area (Å²) in [4.78, 5) is 20.3. The van der Waals surface area contributed by atoms with Crippen LogP contribution in [0.5, 0.6) is 0 Å². The molecule has 0 fully saturated rings. The number of carboxylic acid groups (broad SMARTS) is 1. The van der Waals surface area contributed by atoms with Gasteiger partial charge < -0.3 is 10.1 Å². The van der Waals surface area contributed by atoms with Crippen LogP contribution >= 0.6 is 11.8 Å². The Morgan fingerprint density at radius 1 is 1.40 bits per heavy atom. The number of anilines is 1. The Bertz CT molecular complexity index is 678. The molecule has 1 aliphatic carbocycles. The van der Waals surface area contributed by atoms with Crippen molar-refractivity contribution in [1.29, 1.82) is 0 Å². The van der Waals surface area contributed by atoms with Crippen molar-refractivity contribution in [3.8, 4) is 0 Å². The number of benzene rings is 1. The standard InChI is InChI=1S/C14H15N3O2S/c18-14(19)17-13-15-11-7-6-10(8-12(11)16-13)20-9-4-2-1-3-5-9/h4,6-8H,1-3,5H2,(H,18,19)(H2,15,16,17). The first-order valence-corrected chi connectivity index (χ1v) is 7.39. The average Bonchev–Trinajstić information content (AvgIpc) is 2.80. The number of H-pyrrole nitrogens is 1. The fourth-order valence-electron chi connectivity index (χ4n) is 2.27. The summed E-state index contributed by atoms with van der Waals surface area (Å²) in [6.07, 6.45) is 6.05. The summed E-state index contributed by atoms with van der Waals surface area (Å²) in [5, 5.41) is 10.9. The lowest BCUT2D eigenvalue weighted by Crippen LogP contribution is -2.08. The molecule has 1 heterocycles. The highest BCUT2D eigenvalue weighted by Crippen LogP contribution is 2.34. The molecule has 1 aliphatic rings. The predicted molar refractivity (Wildman–Crippen MR) is 80.1 cm³/mol. The Labute approximate surface area is 120 Å². The van der Waals surface area contributed by atoms with E-state index in [2.05, 4.69) is 21.4 Å². The topological polar surface area (TPSA) is 78.0 Å². The molecule has 3 N–H and O–H groups in total. The van der Waals surface area contributed by atoms with Gasteiger partial charge in [-0.2, -0.15) is 0 Å². The molecule has 20 heavy (non-hydrogen) atoms. The summed E-state index contributed by atoms with van der Waals surface area (Å²) < 4.78 is 0. The highest BCUT2D eigenvalue weighted by Gasteiger charge is 2.09. The van der Waals surface area contributed by atoms with Crippen LogP contribution in [0.25, 0.3) is 11.0 Å². The zero-order valence-electron chi connectivity index (χ0n) is 10.8. The van der Waals surface area contributed by atoms with Gasteiger partial charge >= 0.3 is 6.09 Å². The molecule has 0 unspecified atom stereocenters. The summed E-state index contributed by atoms with van der Waals surface area (Å²) in [6, 6.07) is 5.94. The van der Waals surface area contributed by atoms with Crippen molar-refractivity contribution < 1.29 is 9.90 Å². The molecule has 6 heteroatoms. The van der Waals surface area contributed by atoms with E-state index in [1.165, 1.54) is 24.2 Å². The zero-order valence-corrected chi connectivity index (χ0v) is 11.7. The van der Waals surface area contributed by atoms with E-state index >= 15 is 0 Å². The van der Waals surface area contributed by atoms with Crippen molar-refractivity contribution in [3.05, 3.63) is 29.2 Å². The predicted octanol–water partition coefficient (Wildman–Crippen LogP) is 4.20. The van der Waals surface area contributed by atoms with Crippen LogP contribution in [0, 0.1) is 0 Å². The van der Waals surface area contributed by atoms with E-state index in [0.717, 1.165) is 22.3 Å². The lowest BCUT2D eigenvalue weighted by atomic mass is 10.1. The number of hydrogen-bond acceptors (Lipinski definition) is 3. The van der Waals surface area contributed by atoms with Gasteiger partial charge in [0.15, 0.2) is 0 Å². The van der Waals surface area contributed by atoms with Gasteiger partial charge in [-0.25, -0.2) is 9.78 Å². The van der Waals surface area contributed by atoms with E-state index in [1.54, 1.807) is 11.8 Å². The normalized spacial score (nSPS) is 15.1. The van der Waals surface area contributed by atoms with Crippen LogP contribution in [0.4, 0.5) is 10.7 Å². The quantitative estimate of drug-likeness (QED) is 0.791. The van der Waals surface area contributed by atoms with Crippen molar-refractivity contribution >= 4 is 34.8 Å². The number of nitrogens with one attached hydrogen (secondary N) is 2. The van der Waals surface area contributed by atoms with Crippen LogP contribution in [0.3, 0.4) is 0 Å². The minimum absolute atomic E-state index is 0.256. The van der Waals surface area contributed by atoms with Gasteiger partial charge in [0.2, 0.25) is 5.95 Å². The van der Waals surface area contributed by atoms with E-state index in [9.17, 15) is 4.79 Å². The molecule has 1 amide bonds. The Hall–Kier alpha value is -1.95. The molecular formula is C14H15N3O2S. The molecule has 0 spiro atoms. The third-order valence-electron chi connectivity index (χ3n) is 3.18. The summed E-state index contributed by atoms with van der Waals surface area (Å²) in [7, 11) is 0. The molecule has 5 nitrogen and oxygen atoms in total. The maximum absolute atomic E-state index is 10.6. The van der Waals surface area contributed by atoms with Crippen molar-refractivity contribution in [2.45, 2.75) is 30.6 Å². The number of imidazole rings is 1. The molecule has 2 aromatic rings. The largest absolute Gasteiger partial charge is 0.465 e. The van der Waals surface area contributed by atoms with Gasteiger partial charge in [0.25, 0.3) is 0 Å². The molecule has 0 radical (unpaired) electrons. The lowest BCUT2D eigenvalue weighted by molar-refractivity contribution is 0.209. The summed E-state index contributed by atoms with van der Waals surface area (Å²) in [5.74, 6) is 0.256. The minimum atomic E-state index is -1.12. The maximum atomic E-state index is 10.6. The molecule has 0 aliphatic heterocycles. The monoisotopic (exact) mass is 289 g/mol. The molecular weight excluding hydrogens is 274 g/mol. The Morgan fingerprint density at radius 3 is 3.05 bits per heavy atom. The molecule has 0 atom stereocenters. The van der Waals surface area contributed by atoms with E-state index < -0.39 is 6.09 Å². The van der Waals surface area contributed by atoms with Crippen LogP contribution in [0.2, 0.25) is 0 Å². The maximum Gasteiger partial charge on any atom is 0.411 e. The van der Waals surface area contributed by atoms with E-state index in [4.69, 9.17) is 5.11 Å². The number of amides is 1. The molecule has 104 valence electrons. The Balaban J connectivity index is 1.82. The van der Waals surface area contributed by atoms with Crippen LogP contribution in [0.15, 0.2) is 34.1 Å². The van der Waals surface area contributed by atoms with Gasteiger partial charge in [0, 0.05) is 4.90 Å². The molecule has 1 aromatic heterocycles. The second kappa shape index (κ2) is 5.58. The molecule has 3 rings (SSSR count). The van der Waals surface area contributed by atoms with Gasteiger partial charge in [-0.15, -0.1) is 0 Å². The fourth-order valence-corrected chi connectivity index (χ4v) is 3.33. The van der Waals surface area contributed by atoms with E-state index in [-0.39, 0.29) is 5.95 Å². The number of nitrogens with zero attached hydrogens (tertiary/aromatic N) is 1. The van der Waals surface area contributed by atoms with Crippen LogP contribution < -0.4 is 5.32 Å².